The minimum atomic E-state index is -1.54. The van der Waals surface area contributed by atoms with E-state index in [0.29, 0.717) is 51.3 Å². The molecule has 3 saturated carbocycles. The van der Waals surface area contributed by atoms with Crippen molar-refractivity contribution in [3.8, 4) is 22.9 Å². The number of thiazole rings is 1. The highest BCUT2D eigenvalue weighted by Crippen LogP contribution is 2.45. The lowest BCUT2D eigenvalue weighted by Crippen LogP contribution is -2.59. The van der Waals surface area contributed by atoms with Crippen LogP contribution in [0.15, 0.2) is 30.2 Å². The van der Waals surface area contributed by atoms with Gasteiger partial charge in [0.05, 0.1) is 24.9 Å². The van der Waals surface area contributed by atoms with Crippen LogP contribution in [0.5, 0.6) is 11.5 Å². The fraction of sp³-hybridized carbons (Fsp3) is 0.578. The van der Waals surface area contributed by atoms with E-state index in [1.807, 2.05) is 46.1 Å². The van der Waals surface area contributed by atoms with Crippen LogP contribution in [0.1, 0.15) is 103 Å². The van der Waals surface area contributed by atoms with Gasteiger partial charge in [0, 0.05) is 41.2 Å². The molecular weight excluding hydrogens is 801 g/mol. The Hall–Kier alpha value is -5.25. The van der Waals surface area contributed by atoms with Crippen LogP contribution in [-0.4, -0.2) is 93.2 Å². The number of aliphatic carboxylic acids is 1. The zero-order chi connectivity index (χ0) is 43.8. The Bertz CT molecular complexity index is 2210. The molecule has 1 aromatic carbocycles. The van der Waals surface area contributed by atoms with Crippen molar-refractivity contribution < 1.29 is 43.3 Å². The summed E-state index contributed by atoms with van der Waals surface area (Å²) in [5.74, 6) is -1.42. The lowest BCUT2D eigenvalue weighted by molar-refractivity contribution is -0.146. The fourth-order valence-corrected chi connectivity index (χ4v) is 10.00. The van der Waals surface area contributed by atoms with Crippen LogP contribution in [0.3, 0.4) is 0 Å². The molecule has 3 aromatic rings. The first kappa shape index (κ1) is 43.8. The summed E-state index contributed by atoms with van der Waals surface area (Å²) in [5.41, 5.74) is 0.883. The summed E-state index contributed by atoms with van der Waals surface area (Å²) in [6.45, 7) is 13.0. The summed E-state index contributed by atoms with van der Waals surface area (Å²) in [6, 6.07) is 1.46. The van der Waals surface area contributed by atoms with E-state index in [1.165, 1.54) is 22.3 Å². The van der Waals surface area contributed by atoms with Gasteiger partial charge in [0.25, 0.3) is 0 Å². The molecule has 15 nitrogen and oxygen atoms in total. The highest BCUT2D eigenvalue weighted by atomic mass is 32.1. The van der Waals surface area contributed by atoms with Crippen molar-refractivity contribution in [3.63, 3.8) is 0 Å². The maximum atomic E-state index is 14.7. The molecule has 7 rings (SSSR count). The van der Waals surface area contributed by atoms with Gasteiger partial charge in [-0.2, -0.15) is 0 Å². The highest BCUT2D eigenvalue weighted by molar-refractivity contribution is 7.14. The standard InChI is InChI=1S/C45H58N6O9S/c1-8-27-21-45(27,41(55)56)50-39(53)33-19-29(22-51(33)40(54)38(44(4,5)6)49-43(57)60-28-15-11-12-16-28)59-34-20-31(46-36-25(3)37(58-7)24(2)17-30(34)36)32-23-61-42(47-32)48-35(52)18-26-13-9-10-14-26/h8,17,20,23,26-29,33,38H,1,9-16,18-19,21-22H2,2-7H3,(H,49,57)(H,50,53)(H,55,56)(H,47,48,52). The molecular formula is C45H58N6O9S. The number of carboxylic acid groups (broad SMARTS) is 1. The third kappa shape index (κ3) is 9.33. The molecule has 1 saturated heterocycles. The summed E-state index contributed by atoms with van der Waals surface area (Å²) in [4.78, 5) is 78.7. The minimum Gasteiger partial charge on any atom is -0.496 e. The number of aryl methyl sites for hydroxylation is 2. The third-order valence-corrected chi connectivity index (χ3v) is 13.5. The molecule has 4 fully saturated rings. The number of nitrogens with zero attached hydrogens (tertiary/aromatic N) is 3. The highest BCUT2D eigenvalue weighted by Gasteiger charge is 2.61. The zero-order valence-corrected chi connectivity index (χ0v) is 36.7. The van der Waals surface area contributed by atoms with E-state index in [4.69, 9.17) is 24.2 Å². The number of fused-ring (bicyclic) bond motifs is 1. The fourth-order valence-electron chi connectivity index (χ4n) is 9.28. The van der Waals surface area contributed by atoms with Crippen LogP contribution in [-0.2, 0) is 23.9 Å². The second-order valence-corrected chi connectivity index (χ2v) is 19.1. The SMILES string of the molecule is C=CC1CC1(NC(=O)C1CC(Oc2cc(-c3csc(NC(=O)CC4CCCC4)n3)nc3c(C)c(OC)c(C)cc23)CN1C(=O)C(NC(=O)OC1CCCC1)C(C)(C)C)C(=O)O. The van der Waals surface area contributed by atoms with Crippen LogP contribution in [0.4, 0.5) is 9.93 Å². The van der Waals surface area contributed by atoms with E-state index >= 15 is 0 Å². The van der Waals surface area contributed by atoms with Crippen molar-refractivity contribution in [1.82, 2.24) is 25.5 Å². The molecule has 4 aliphatic rings. The number of benzene rings is 1. The summed E-state index contributed by atoms with van der Waals surface area (Å²) >= 11 is 1.30. The molecule has 5 atom stereocenters. The Labute approximate surface area is 360 Å². The monoisotopic (exact) mass is 858 g/mol. The maximum Gasteiger partial charge on any atom is 0.408 e. The molecule has 1 aliphatic heterocycles. The number of ether oxygens (including phenoxy) is 3. The Balaban J connectivity index is 1.20. The Morgan fingerprint density at radius 2 is 1.74 bits per heavy atom. The number of amides is 4. The number of aromatic nitrogens is 2. The number of likely N-dealkylation sites (tertiary alicyclic amines) is 1. The maximum absolute atomic E-state index is 14.7. The summed E-state index contributed by atoms with van der Waals surface area (Å²) < 4.78 is 18.3. The first-order valence-electron chi connectivity index (χ1n) is 21.4. The van der Waals surface area contributed by atoms with Crippen LogP contribution in [0, 0.1) is 31.1 Å². The number of hydrogen-bond donors (Lipinski definition) is 4. The van der Waals surface area contributed by atoms with E-state index in [0.717, 1.165) is 62.5 Å². The Morgan fingerprint density at radius 1 is 1.03 bits per heavy atom. The van der Waals surface area contributed by atoms with Crippen molar-refractivity contribution in [2.45, 2.75) is 135 Å². The van der Waals surface area contributed by atoms with Crippen LogP contribution in [0.25, 0.3) is 22.3 Å². The summed E-state index contributed by atoms with van der Waals surface area (Å²) in [7, 11) is 1.60. The predicted octanol–water partition coefficient (Wildman–Crippen LogP) is 7.08. The average Bonchev–Trinajstić information content (AvgIpc) is 3.83. The van der Waals surface area contributed by atoms with E-state index in [9.17, 15) is 29.1 Å². The van der Waals surface area contributed by atoms with Crippen LogP contribution >= 0.6 is 11.3 Å². The number of carbonyl (C=O) groups is 5. The summed E-state index contributed by atoms with van der Waals surface area (Å²) in [6.07, 6.45) is 8.32. The van der Waals surface area contributed by atoms with Crippen LogP contribution in [0.2, 0.25) is 0 Å². The van der Waals surface area contributed by atoms with E-state index in [2.05, 4.69) is 22.5 Å². The predicted molar refractivity (Wildman–Crippen MR) is 231 cm³/mol. The van der Waals surface area contributed by atoms with Crippen molar-refractivity contribution >= 4 is 57.2 Å². The summed E-state index contributed by atoms with van der Waals surface area (Å²) in [5, 5.41) is 21.6. The molecule has 3 heterocycles. The molecule has 16 heteroatoms. The molecule has 4 amide bonds. The smallest absolute Gasteiger partial charge is 0.408 e. The second kappa shape index (κ2) is 17.6. The molecule has 5 unspecified atom stereocenters. The normalized spacial score (nSPS) is 23.4. The minimum absolute atomic E-state index is 0.0244. The van der Waals surface area contributed by atoms with Crippen molar-refractivity contribution in [2.75, 3.05) is 19.0 Å². The van der Waals surface area contributed by atoms with E-state index < -0.39 is 58.9 Å². The molecule has 3 aliphatic carbocycles. The molecule has 4 N–H and O–H groups in total. The first-order valence-corrected chi connectivity index (χ1v) is 22.3. The van der Waals surface area contributed by atoms with Gasteiger partial charge in [0.2, 0.25) is 17.7 Å². The number of hydrogen-bond acceptors (Lipinski definition) is 11. The number of nitrogens with one attached hydrogen (secondary N) is 3. The lowest BCUT2D eigenvalue weighted by Gasteiger charge is -2.35. The first-order chi connectivity index (χ1) is 29.0. The third-order valence-electron chi connectivity index (χ3n) is 12.7. The quantitative estimate of drug-likeness (QED) is 0.121. The van der Waals surface area contributed by atoms with Crippen molar-refractivity contribution in [3.05, 3.63) is 41.3 Å². The van der Waals surface area contributed by atoms with Gasteiger partial charge in [0.15, 0.2) is 5.13 Å². The number of anilines is 1. The number of alkyl carbamates (subject to hydrolysis) is 1. The molecule has 0 bridgehead atoms. The molecule has 2 aromatic heterocycles. The number of pyridine rings is 1. The Morgan fingerprint density at radius 3 is 2.38 bits per heavy atom. The molecule has 61 heavy (non-hydrogen) atoms. The van der Waals surface area contributed by atoms with Crippen LogP contribution < -0.4 is 25.4 Å². The van der Waals surface area contributed by atoms with E-state index in [1.54, 1.807) is 13.2 Å². The number of rotatable bonds is 14. The lowest BCUT2D eigenvalue weighted by atomic mass is 9.85. The van der Waals surface area contributed by atoms with Gasteiger partial charge < -0.3 is 40.2 Å². The average molecular weight is 859 g/mol. The largest absolute Gasteiger partial charge is 0.496 e. The van der Waals surface area contributed by atoms with Gasteiger partial charge in [0.1, 0.15) is 47.0 Å². The second-order valence-electron chi connectivity index (χ2n) is 18.2. The van der Waals surface area contributed by atoms with Gasteiger partial charge in [-0.3, -0.25) is 14.4 Å². The number of carbonyl (C=O) groups excluding carboxylic acids is 4. The van der Waals surface area contributed by atoms with E-state index in [-0.39, 0.29) is 31.4 Å². The van der Waals surface area contributed by atoms with Gasteiger partial charge in [-0.05, 0) is 81.8 Å². The molecule has 0 radical (unpaired) electrons. The zero-order valence-electron chi connectivity index (χ0n) is 35.9. The van der Waals surface area contributed by atoms with Gasteiger partial charge in [-0.25, -0.2) is 19.6 Å². The van der Waals surface area contributed by atoms with Gasteiger partial charge in [-0.1, -0.05) is 39.7 Å². The van der Waals surface area contributed by atoms with Crippen molar-refractivity contribution in [1.29, 1.82) is 0 Å². The molecule has 328 valence electrons. The topological polar surface area (TPSA) is 198 Å². The number of methoxy groups -OCH3 is 1. The Kier molecular flexibility index (Phi) is 12.7. The molecule has 0 spiro atoms. The van der Waals surface area contributed by atoms with Crippen molar-refractivity contribution in [2.24, 2.45) is 17.3 Å². The number of carboxylic acids is 1. The van der Waals surface area contributed by atoms with Gasteiger partial charge in [-0.15, -0.1) is 17.9 Å². The van der Waals surface area contributed by atoms with Gasteiger partial charge >= 0.3 is 12.1 Å².